The van der Waals surface area contributed by atoms with Crippen LogP contribution in [0.1, 0.15) is 38.2 Å². The molecule has 0 aromatic carbocycles. The quantitative estimate of drug-likeness (QED) is 0.783. The molecule has 0 aliphatic heterocycles. The lowest BCUT2D eigenvalue weighted by Gasteiger charge is -2.04. The van der Waals surface area contributed by atoms with E-state index in [1.54, 1.807) is 11.3 Å². The summed E-state index contributed by atoms with van der Waals surface area (Å²) in [6, 6.07) is 2.44. The van der Waals surface area contributed by atoms with E-state index in [1.165, 1.54) is 5.39 Å². The van der Waals surface area contributed by atoms with Gasteiger partial charge in [0.25, 0.3) is 5.89 Å². The second-order valence-electron chi connectivity index (χ2n) is 5.90. The zero-order valence-corrected chi connectivity index (χ0v) is 14.4. The van der Waals surface area contributed by atoms with Crippen molar-refractivity contribution in [1.82, 2.24) is 25.2 Å². The predicted molar refractivity (Wildman–Crippen MR) is 88.2 cm³/mol. The summed E-state index contributed by atoms with van der Waals surface area (Å²) in [7, 11) is 3.90. The zero-order valence-electron chi connectivity index (χ0n) is 13.5. The Morgan fingerprint density at radius 2 is 2.14 bits per heavy atom. The van der Waals surface area contributed by atoms with Crippen LogP contribution in [0, 0.1) is 0 Å². The standard InChI is InChI=1S/C15H21N5OS/c1-8(2)13-10-7-11(22-15(10)20(5)18-13)14-17-12(19-21-14)6-9(3)16-4/h7-9,16H,6H2,1-5H3. The van der Waals surface area contributed by atoms with Gasteiger partial charge in [0.15, 0.2) is 5.82 Å². The second-order valence-corrected chi connectivity index (χ2v) is 6.93. The van der Waals surface area contributed by atoms with Crippen LogP contribution in [0.3, 0.4) is 0 Å². The number of nitrogens with zero attached hydrogens (tertiary/aromatic N) is 4. The van der Waals surface area contributed by atoms with E-state index in [0.29, 0.717) is 17.9 Å². The molecule has 0 spiro atoms. The van der Waals surface area contributed by atoms with Crippen molar-refractivity contribution in [2.24, 2.45) is 7.05 Å². The topological polar surface area (TPSA) is 68.8 Å². The van der Waals surface area contributed by atoms with Crippen molar-refractivity contribution >= 4 is 21.6 Å². The van der Waals surface area contributed by atoms with Crippen molar-refractivity contribution in [2.45, 2.75) is 39.2 Å². The molecule has 0 amide bonds. The minimum absolute atomic E-state index is 0.324. The highest BCUT2D eigenvalue weighted by Crippen LogP contribution is 2.36. The fourth-order valence-corrected chi connectivity index (χ4v) is 3.41. The Morgan fingerprint density at radius 1 is 1.36 bits per heavy atom. The Kier molecular flexibility index (Phi) is 4.01. The molecule has 0 aliphatic rings. The van der Waals surface area contributed by atoms with Crippen LogP contribution < -0.4 is 5.32 Å². The van der Waals surface area contributed by atoms with Gasteiger partial charge in [-0.3, -0.25) is 4.68 Å². The number of likely N-dealkylation sites (N-methyl/N-ethyl adjacent to an activating group) is 1. The Morgan fingerprint density at radius 3 is 2.82 bits per heavy atom. The molecule has 1 unspecified atom stereocenters. The fourth-order valence-electron chi connectivity index (χ4n) is 2.41. The molecule has 1 atom stereocenters. The number of hydrogen-bond donors (Lipinski definition) is 1. The molecule has 3 heterocycles. The van der Waals surface area contributed by atoms with Crippen molar-refractivity contribution in [3.8, 4) is 10.8 Å². The first kappa shape index (κ1) is 15.2. The van der Waals surface area contributed by atoms with Gasteiger partial charge in [-0.1, -0.05) is 19.0 Å². The van der Waals surface area contributed by atoms with E-state index >= 15 is 0 Å². The maximum absolute atomic E-state index is 5.43. The molecule has 1 N–H and O–H groups in total. The number of fused-ring (bicyclic) bond motifs is 1. The van der Waals surface area contributed by atoms with Crippen LogP contribution in [-0.2, 0) is 13.5 Å². The summed E-state index contributed by atoms with van der Waals surface area (Å²) in [5, 5.41) is 13.0. The molecule has 0 radical (unpaired) electrons. The van der Waals surface area contributed by atoms with Crippen LogP contribution >= 0.6 is 11.3 Å². The van der Waals surface area contributed by atoms with Crippen molar-refractivity contribution in [3.63, 3.8) is 0 Å². The van der Waals surface area contributed by atoms with E-state index < -0.39 is 0 Å². The fraction of sp³-hybridized carbons (Fsp3) is 0.533. The van der Waals surface area contributed by atoms with Crippen LogP contribution in [-0.4, -0.2) is 33.0 Å². The molecule has 0 bridgehead atoms. The van der Waals surface area contributed by atoms with Gasteiger partial charge in [-0.2, -0.15) is 10.1 Å². The molecule has 3 aromatic heterocycles. The van der Waals surface area contributed by atoms with Gasteiger partial charge in [0.2, 0.25) is 0 Å². The van der Waals surface area contributed by atoms with Crippen LogP contribution in [0.5, 0.6) is 0 Å². The molecule has 118 valence electrons. The zero-order chi connectivity index (χ0) is 15.9. The molecule has 0 saturated heterocycles. The highest BCUT2D eigenvalue weighted by molar-refractivity contribution is 7.21. The summed E-state index contributed by atoms with van der Waals surface area (Å²) in [5.41, 5.74) is 1.11. The van der Waals surface area contributed by atoms with Gasteiger partial charge in [-0.15, -0.1) is 11.3 Å². The van der Waals surface area contributed by atoms with Gasteiger partial charge in [0.05, 0.1) is 10.6 Å². The van der Waals surface area contributed by atoms with Crippen molar-refractivity contribution in [3.05, 3.63) is 17.6 Å². The van der Waals surface area contributed by atoms with Crippen LogP contribution in [0.15, 0.2) is 10.6 Å². The molecule has 7 heteroatoms. The summed E-state index contributed by atoms with van der Waals surface area (Å²) in [6.07, 6.45) is 0.754. The van der Waals surface area contributed by atoms with Crippen molar-refractivity contribution in [1.29, 1.82) is 0 Å². The Bertz CT molecular complexity index is 785. The summed E-state index contributed by atoms with van der Waals surface area (Å²) in [5.74, 6) is 1.71. The number of nitrogens with one attached hydrogen (secondary N) is 1. The third kappa shape index (κ3) is 2.66. The Labute approximate surface area is 133 Å². The number of aryl methyl sites for hydroxylation is 1. The van der Waals surface area contributed by atoms with E-state index in [0.717, 1.165) is 27.6 Å². The van der Waals surface area contributed by atoms with Gasteiger partial charge >= 0.3 is 0 Å². The first-order valence-corrected chi connectivity index (χ1v) is 8.28. The molecule has 22 heavy (non-hydrogen) atoms. The van der Waals surface area contributed by atoms with E-state index in [-0.39, 0.29) is 0 Å². The maximum Gasteiger partial charge on any atom is 0.268 e. The average Bonchev–Trinajstić information content (AvgIpc) is 3.15. The minimum Gasteiger partial charge on any atom is -0.333 e. The molecule has 3 aromatic rings. The largest absolute Gasteiger partial charge is 0.333 e. The number of hydrogen-bond acceptors (Lipinski definition) is 6. The lowest BCUT2D eigenvalue weighted by Crippen LogP contribution is -2.24. The molecular formula is C15H21N5OS. The molecule has 0 saturated carbocycles. The summed E-state index contributed by atoms with van der Waals surface area (Å²) in [4.78, 5) is 6.65. The normalized spacial score (nSPS) is 13.4. The molecule has 3 rings (SSSR count). The molecule has 0 fully saturated rings. The van der Waals surface area contributed by atoms with E-state index in [9.17, 15) is 0 Å². The number of aromatic nitrogens is 4. The predicted octanol–water partition coefficient (Wildman–Crippen LogP) is 2.96. The third-order valence-electron chi connectivity index (χ3n) is 3.75. The average molecular weight is 319 g/mol. The SMILES string of the molecule is CNC(C)Cc1noc(-c2cc3c(C(C)C)nn(C)c3s2)n1. The van der Waals surface area contributed by atoms with Crippen molar-refractivity contribution < 1.29 is 4.52 Å². The Hall–Kier alpha value is -1.73. The van der Waals surface area contributed by atoms with Gasteiger partial charge in [-0.05, 0) is 26.0 Å². The van der Waals surface area contributed by atoms with Gasteiger partial charge in [-0.25, -0.2) is 0 Å². The second kappa shape index (κ2) is 5.81. The van der Waals surface area contributed by atoms with Gasteiger partial charge < -0.3 is 9.84 Å². The monoisotopic (exact) mass is 319 g/mol. The molecule has 6 nitrogen and oxygen atoms in total. The van der Waals surface area contributed by atoms with E-state index in [1.807, 2.05) is 18.8 Å². The minimum atomic E-state index is 0.324. The van der Waals surface area contributed by atoms with Gasteiger partial charge in [0.1, 0.15) is 4.83 Å². The first-order valence-electron chi connectivity index (χ1n) is 7.46. The molecule has 0 aliphatic carbocycles. The van der Waals surface area contributed by atoms with Crippen LogP contribution in [0.4, 0.5) is 0 Å². The van der Waals surface area contributed by atoms with Gasteiger partial charge in [0, 0.05) is 24.9 Å². The Balaban J connectivity index is 1.95. The molecular weight excluding hydrogens is 298 g/mol. The highest BCUT2D eigenvalue weighted by atomic mass is 32.1. The van der Waals surface area contributed by atoms with Crippen LogP contribution in [0.2, 0.25) is 0 Å². The smallest absolute Gasteiger partial charge is 0.268 e. The maximum atomic E-state index is 5.43. The first-order chi connectivity index (χ1) is 10.5. The third-order valence-corrected chi connectivity index (χ3v) is 4.94. The summed E-state index contributed by atoms with van der Waals surface area (Å²) in [6.45, 7) is 6.40. The van der Waals surface area contributed by atoms with Crippen molar-refractivity contribution in [2.75, 3.05) is 7.05 Å². The lowest BCUT2D eigenvalue weighted by atomic mass is 10.1. The lowest BCUT2D eigenvalue weighted by molar-refractivity contribution is 0.419. The summed E-state index contributed by atoms with van der Waals surface area (Å²) < 4.78 is 7.36. The number of rotatable bonds is 5. The highest BCUT2D eigenvalue weighted by Gasteiger charge is 2.19. The summed E-state index contributed by atoms with van der Waals surface area (Å²) >= 11 is 1.64. The van der Waals surface area contributed by atoms with Crippen LogP contribution in [0.25, 0.3) is 21.0 Å². The van der Waals surface area contributed by atoms with E-state index in [2.05, 4.69) is 47.4 Å². The van der Waals surface area contributed by atoms with E-state index in [4.69, 9.17) is 4.52 Å². The number of thiophene rings is 1.